The Kier molecular flexibility index (Phi) is 4.40. The van der Waals surface area contributed by atoms with E-state index in [1.54, 1.807) is 19.9 Å². The normalized spacial score (nSPS) is 41.0. The van der Waals surface area contributed by atoms with Gasteiger partial charge in [0.15, 0.2) is 0 Å². The van der Waals surface area contributed by atoms with Crippen LogP contribution in [0.5, 0.6) is 0 Å². The van der Waals surface area contributed by atoms with Gasteiger partial charge in [-0.05, 0) is 33.1 Å². The Morgan fingerprint density at radius 2 is 2.12 bits per heavy atom. The number of aliphatic hydroxyl groups excluding tert-OH is 1. The van der Waals surface area contributed by atoms with Crippen LogP contribution in [-0.2, 0) is 19.1 Å². The monoisotopic (exact) mass is 346 g/mol. The van der Waals surface area contributed by atoms with Gasteiger partial charge in [-0.2, -0.15) is 0 Å². The number of esters is 2. The first-order valence-electron chi connectivity index (χ1n) is 8.80. The van der Waals surface area contributed by atoms with Crippen molar-refractivity contribution in [1.29, 1.82) is 0 Å². The highest BCUT2D eigenvalue weighted by molar-refractivity contribution is 5.92. The minimum absolute atomic E-state index is 0.151. The molecule has 1 saturated heterocycles. The molecule has 3 aliphatic rings. The molecule has 0 aromatic heterocycles. The van der Waals surface area contributed by atoms with Crippen LogP contribution in [0.2, 0.25) is 0 Å². The average Bonchev–Trinajstić information content (AvgIpc) is 2.85. The summed E-state index contributed by atoms with van der Waals surface area (Å²) in [4.78, 5) is 24.5. The van der Waals surface area contributed by atoms with Crippen molar-refractivity contribution in [2.75, 3.05) is 0 Å². The van der Waals surface area contributed by atoms with Crippen LogP contribution in [0, 0.1) is 17.3 Å². The predicted molar refractivity (Wildman–Crippen MR) is 92.4 cm³/mol. The number of hydrogen-bond acceptors (Lipinski definition) is 5. The predicted octanol–water partition coefficient (Wildman–Crippen LogP) is 2.70. The Hall–Kier alpha value is -1.88. The standard InChI is InChI=1S/C20H26O5/c1-6-10(2)18(22)24-13-9-20(5)14(21)8-7-11(3)16(20)17-15(13)12(4)19(23)25-17/h6,13-17,21H,3-4,7-9H2,1-2,5H3/b10-6+/t13-,14-,15-,16+,17+,20+/m1/s1. The van der Waals surface area contributed by atoms with Gasteiger partial charge in [0, 0.05) is 22.5 Å². The van der Waals surface area contributed by atoms with Crippen LogP contribution >= 0.6 is 0 Å². The fourth-order valence-corrected chi connectivity index (χ4v) is 4.69. The zero-order chi connectivity index (χ0) is 18.5. The summed E-state index contributed by atoms with van der Waals surface area (Å²) in [6.07, 6.45) is 1.88. The molecule has 0 radical (unpaired) electrons. The van der Waals surface area contributed by atoms with E-state index in [0.717, 1.165) is 5.57 Å². The van der Waals surface area contributed by atoms with Crippen molar-refractivity contribution < 1.29 is 24.2 Å². The molecule has 3 fully saturated rings. The van der Waals surface area contributed by atoms with Crippen LogP contribution in [0.25, 0.3) is 0 Å². The second kappa shape index (κ2) is 6.13. The van der Waals surface area contributed by atoms with Crippen LogP contribution < -0.4 is 0 Å². The minimum atomic E-state index is -0.555. The number of fused-ring (bicyclic) bond motifs is 3. The molecule has 5 heteroatoms. The van der Waals surface area contributed by atoms with Crippen molar-refractivity contribution in [3.63, 3.8) is 0 Å². The van der Waals surface area contributed by atoms with Gasteiger partial charge in [-0.3, -0.25) is 0 Å². The largest absolute Gasteiger partial charge is 0.458 e. The van der Waals surface area contributed by atoms with Crippen LogP contribution in [0.15, 0.2) is 36.0 Å². The summed E-state index contributed by atoms with van der Waals surface area (Å²) in [6, 6.07) is 0. The lowest BCUT2D eigenvalue weighted by Crippen LogP contribution is -2.58. The van der Waals surface area contributed by atoms with Crippen molar-refractivity contribution in [1.82, 2.24) is 0 Å². The molecule has 0 aromatic carbocycles. The summed E-state index contributed by atoms with van der Waals surface area (Å²) in [6.45, 7) is 13.5. The molecule has 1 aliphatic heterocycles. The zero-order valence-electron chi connectivity index (χ0n) is 15.1. The van der Waals surface area contributed by atoms with E-state index >= 15 is 0 Å². The van der Waals surface area contributed by atoms with E-state index in [0.29, 0.717) is 30.4 Å². The SMILES string of the molecule is C=C1C(=O)O[C@H]2[C@H]1[C@H](OC(=O)/C(C)=C/C)C[C@@]1(C)[C@H](O)CCC(=C)[C@@H]21. The number of carbonyl (C=O) groups excluding carboxylic acids is 2. The number of ether oxygens (including phenoxy) is 2. The molecule has 2 saturated carbocycles. The van der Waals surface area contributed by atoms with E-state index in [1.807, 2.05) is 6.92 Å². The maximum atomic E-state index is 12.3. The number of hydrogen-bond donors (Lipinski definition) is 1. The molecule has 0 spiro atoms. The summed E-state index contributed by atoms with van der Waals surface area (Å²) in [5.74, 6) is -1.40. The molecule has 3 rings (SSSR count). The van der Waals surface area contributed by atoms with E-state index in [2.05, 4.69) is 13.2 Å². The summed E-state index contributed by atoms with van der Waals surface area (Å²) in [5.41, 5.74) is 1.29. The lowest BCUT2D eigenvalue weighted by molar-refractivity contribution is -0.175. The Labute approximate surface area is 148 Å². The number of allylic oxidation sites excluding steroid dienone is 1. The molecule has 0 unspecified atom stereocenters. The quantitative estimate of drug-likeness (QED) is 0.473. The van der Waals surface area contributed by atoms with Gasteiger partial charge in [0.2, 0.25) is 0 Å². The van der Waals surface area contributed by atoms with Gasteiger partial charge in [-0.15, -0.1) is 0 Å². The van der Waals surface area contributed by atoms with Gasteiger partial charge < -0.3 is 14.6 Å². The molecule has 136 valence electrons. The molecule has 2 aliphatic carbocycles. The highest BCUT2D eigenvalue weighted by Crippen LogP contribution is 2.57. The highest BCUT2D eigenvalue weighted by atomic mass is 16.6. The Balaban J connectivity index is 1.99. The smallest absolute Gasteiger partial charge is 0.334 e. The van der Waals surface area contributed by atoms with Crippen molar-refractivity contribution in [2.24, 2.45) is 17.3 Å². The molecule has 1 heterocycles. The fraction of sp³-hybridized carbons (Fsp3) is 0.600. The van der Waals surface area contributed by atoms with Crippen LogP contribution in [0.3, 0.4) is 0 Å². The zero-order valence-corrected chi connectivity index (χ0v) is 15.1. The second-order valence-electron chi connectivity index (χ2n) is 7.74. The van der Waals surface area contributed by atoms with Gasteiger partial charge in [0.05, 0.1) is 12.0 Å². The highest BCUT2D eigenvalue weighted by Gasteiger charge is 2.62. The fourth-order valence-electron chi connectivity index (χ4n) is 4.69. The van der Waals surface area contributed by atoms with Crippen LogP contribution in [0.1, 0.15) is 40.0 Å². The van der Waals surface area contributed by atoms with Crippen molar-refractivity contribution in [2.45, 2.75) is 58.3 Å². The molecule has 25 heavy (non-hydrogen) atoms. The van der Waals surface area contributed by atoms with Crippen molar-refractivity contribution in [3.8, 4) is 0 Å². The van der Waals surface area contributed by atoms with Gasteiger partial charge in [-0.25, -0.2) is 9.59 Å². The van der Waals surface area contributed by atoms with Gasteiger partial charge >= 0.3 is 11.9 Å². The van der Waals surface area contributed by atoms with E-state index in [4.69, 9.17) is 9.47 Å². The second-order valence-corrected chi connectivity index (χ2v) is 7.74. The molecule has 0 bridgehead atoms. The van der Waals surface area contributed by atoms with Crippen molar-refractivity contribution >= 4 is 11.9 Å². The molecule has 1 N–H and O–H groups in total. The lowest BCUT2D eigenvalue weighted by atomic mass is 9.53. The van der Waals surface area contributed by atoms with E-state index in [-0.39, 0.29) is 11.8 Å². The van der Waals surface area contributed by atoms with Crippen LogP contribution in [0.4, 0.5) is 0 Å². The van der Waals surface area contributed by atoms with Crippen molar-refractivity contribution in [3.05, 3.63) is 36.0 Å². The molecule has 0 aromatic rings. The summed E-state index contributed by atoms with van der Waals surface area (Å²) < 4.78 is 11.3. The first-order chi connectivity index (χ1) is 11.7. The first kappa shape index (κ1) is 17.9. The number of carbonyl (C=O) groups is 2. The topological polar surface area (TPSA) is 72.8 Å². The van der Waals surface area contributed by atoms with Gasteiger partial charge in [-0.1, -0.05) is 31.7 Å². The molecule has 0 amide bonds. The molecular formula is C20H26O5. The molecule has 6 atom stereocenters. The minimum Gasteiger partial charge on any atom is -0.458 e. The van der Waals surface area contributed by atoms with E-state index in [1.165, 1.54) is 0 Å². The summed E-state index contributed by atoms with van der Waals surface area (Å²) in [7, 11) is 0. The lowest BCUT2D eigenvalue weighted by Gasteiger charge is -2.54. The van der Waals surface area contributed by atoms with Gasteiger partial charge in [0.1, 0.15) is 12.2 Å². The van der Waals surface area contributed by atoms with E-state index < -0.39 is 35.7 Å². The maximum absolute atomic E-state index is 12.3. The van der Waals surface area contributed by atoms with Crippen LogP contribution in [-0.4, -0.2) is 35.4 Å². The summed E-state index contributed by atoms with van der Waals surface area (Å²) >= 11 is 0. The third-order valence-electron chi connectivity index (χ3n) is 6.30. The first-order valence-corrected chi connectivity index (χ1v) is 8.80. The van der Waals surface area contributed by atoms with Gasteiger partial charge in [0.25, 0.3) is 0 Å². The average molecular weight is 346 g/mol. The third-order valence-corrected chi connectivity index (χ3v) is 6.30. The third kappa shape index (κ3) is 2.65. The van der Waals surface area contributed by atoms with E-state index in [9.17, 15) is 14.7 Å². The molecule has 5 nitrogen and oxygen atoms in total. The Bertz CT molecular complexity index is 676. The Morgan fingerprint density at radius 1 is 1.44 bits per heavy atom. The Morgan fingerprint density at radius 3 is 2.76 bits per heavy atom. The number of rotatable bonds is 2. The summed E-state index contributed by atoms with van der Waals surface area (Å²) in [5, 5.41) is 10.7. The molecular weight excluding hydrogens is 320 g/mol. The number of aliphatic hydroxyl groups is 1. The maximum Gasteiger partial charge on any atom is 0.334 e.